The third-order valence-electron chi connectivity index (χ3n) is 18.1. The molecule has 12 atom stereocenters. The molecule has 0 aromatic heterocycles. The summed E-state index contributed by atoms with van der Waals surface area (Å²) in [5.41, 5.74) is -8.23. The standard InChI is InChI=1S/C59H89NO18Si2/c1-21-79(22-2,23-3)77-40-30-41-58(31-69-41,74-37(13)61)46-49(72-50(63)38-27-25-24-26-28-38)59-48(73-54(67)76-59)43(36(12)42(56(59,17)18)45(71-53(66)68-20)47(62)57(40,46)19)70-51(64)44(78-80(33(6)7,34(8)9)35(10)11)39(29-32(4)5)60-52(65)75-55(14,15)16/h24-29,33-35,39-41,43-46,48-49H,21-23,30-31H2,1-20H3,(H,60,65)/t39-,40-,41+,43+,44+,45+,46?,48-,49?,57+,58-,59+/m0/s1. The van der Waals surface area contributed by atoms with Crippen LogP contribution < -0.4 is 5.32 Å². The molecule has 0 radical (unpaired) electrons. The van der Waals surface area contributed by atoms with E-state index < -0.39 is 141 Å². The molecular weight excluding hydrogens is 1070 g/mol. The van der Waals surface area contributed by atoms with Gasteiger partial charge in [0.1, 0.15) is 11.7 Å². The van der Waals surface area contributed by atoms with Gasteiger partial charge in [0.05, 0.1) is 42.8 Å². The highest BCUT2D eigenvalue weighted by Crippen LogP contribution is 2.67. The van der Waals surface area contributed by atoms with Crippen LogP contribution in [0.4, 0.5) is 14.4 Å². The zero-order valence-electron chi connectivity index (χ0n) is 50.8. The van der Waals surface area contributed by atoms with E-state index in [0.717, 1.165) is 7.11 Å². The Morgan fingerprint density at radius 3 is 1.94 bits per heavy atom. The number of rotatable bonds is 19. The molecule has 1 spiro atoms. The Morgan fingerprint density at radius 1 is 0.863 bits per heavy atom. The first-order valence-electron chi connectivity index (χ1n) is 28.3. The van der Waals surface area contributed by atoms with Gasteiger partial charge < -0.3 is 56.8 Å². The zero-order chi connectivity index (χ0) is 60.0. The molecule has 6 rings (SSSR count). The van der Waals surface area contributed by atoms with E-state index in [-0.39, 0.29) is 46.4 Å². The molecule has 2 unspecified atom stereocenters. The minimum absolute atomic E-state index is 0.0124. The van der Waals surface area contributed by atoms with Crippen molar-refractivity contribution in [1.82, 2.24) is 5.32 Å². The summed E-state index contributed by atoms with van der Waals surface area (Å²) in [6, 6.07) is 8.77. The number of allylic oxidation sites excluding steroid dienone is 1. The van der Waals surface area contributed by atoms with Gasteiger partial charge in [-0.1, -0.05) is 106 Å². The Kier molecular flexibility index (Phi) is 18.9. The van der Waals surface area contributed by atoms with Crippen molar-refractivity contribution in [2.24, 2.45) is 16.7 Å². The molecular formula is C59H89NO18Si2. The molecule has 2 saturated heterocycles. The second kappa shape index (κ2) is 23.6. The summed E-state index contributed by atoms with van der Waals surface area (Å²) >= 11 is 0. The number of benzene rings is 1. The van der Waals surface area contributed by atoms with E-state index in [2.05, 4.69) is 5.32 Å². The third kappa shape index (κ3) is 11.1. The molecule has 2 bridgehead atoms. The van der Waals surface area contributed by atoms with Crippen LogP contribution in [0.25, 0.3) is 0 Å². The molecule has 1 amide bonds. The highest BCUT2D eigenvalue weighted by molar-refractivity contribution is 6.77. The van der Waals surface area contributed by atoms with Crippen molar-refractivity contribution in [3.63, 3.8) is 0 Å². The first kappa shape index (κ1) is 64.1. The molecule has 446 valence electrons. The van der Waals surface area contributed by atoms with Crippen LogP contribution in [-0.4, -0.2) is 138 Å². The summed E-state index contributed by atoms with van der Waals surface area (Å²) in [4.78, 5) is 104. The van der Waals surface area contributed by atoms with Crippen molar-refractivity contribution in [1.29, 1.82) is 0 Å². The van der Waals surface area contributed by atoms with Crippen LogP contribution in [-0.2, 0) is 65.9 Å². The van der Waals surface area contributed by atoms with Crippen LogP contribution in [0.5, 0.6) is 0 Å². The van der Waals surface area contributed by atoms with Crippen molar-refractivity contribution in [3.8, 4) is 0 Å². The average molecular weight is 1160 g/mol. The van der Waals surface area contributed by atoms with Gasteiger partial charge in [-0.15, -0.1) is 0 Å². The Balaban J connectivity index is 1.75. The number of hydrogen-bond donors (Lipinski definition) is 1. The molecule has 1 aromatic carbocycles. The van der Waals surface area contributed by atoms with Gasteiger partial charge in [-0.2, -0.15) is 0 Å². The van der Waals surface area contributed by atoms with E-state index in [1.165, 1.54) is 19.1 Å². The van der Waals surface area contributed by atoms with Crippen molar-refractivity contribution < 1.29 is 85.0 Å². The molecule has 5 aliphatic rings. The van der Waals surface area contributed by atoms with Gasteiger partial charge in [0.25, 0.3) is 0 Å². The fourth-order valence-electron chi connectivity index (χ4n) is 14.3. The van der Waals surface area contributed by atoms with E-state index in [4.69, 9.17) is 51.5 Å². The lowest BCUT2D eigenvalue weighted by atomic mass is 9.44. The van der Waals surface area contributed by atoms with Crippen LogP contribution in [0, 0.1) is 16.7 Å². The number of alkyl carbamates (subject to hydrolysis) is 1. The Morgan fingerprint density at radius 2 is 1.45 bits per heavy atom. The van der Waals surface area contributed by atoms with Gasteiger partial charge in [-0.3, -0.25) is 9.59 Å². The number of carbonyl (C=O) groups excluding carboxylic acids is 7. The number of amides is 1. The van der Waals surface area contributed by atoms with Crippen LogP contribution in [0.15, 0.2) is 53.1 Å². The number of esters is 3. The van der Waals surface area contributed by atoms with Crippen molar-refractivity contribution in [2.75, 3.05) is 13.7 Å². The third-order valence-corrected chi connectivity index (χ3v) is 28.8. The maximum atomic E-state index is 16.9. The van der Waals surface area contributed by atoms with E-state index >= 15 is 14.4 Å². The maximum absolute atomic E-state index is 16.9. The maximum Gasteiger partial charge on any atom is 0.509 e. The topological polar surface area (TPSA) is 233 Å². The number of nitrogens with one attached hydrogen (secondary N) is 1. The van der Waals surface area contributed by atoms with Crippen LogP contribution in [0.2, 0.25) is 34.8 Å². The predicted octanol–water partition coefficient (Wildman–Crippen LogP) is 11.0. The monoisotopic (exact) mass is 1160 g/mol. The lowest BCUT2D eigenvalue weighted by Gasteiger charge is -2.68. The summed E-state index contributed by atoms with van der Waals surface area (Å²) in [6.07, 6.45) is -12.6. The summed E-state index contributed by atoms with van der Waals surface area (Å²) < 4.78 is 71.7. The molecule has 4 fully saturated rings. The second-order valence-corrected chi connectivity index (χ2v) is 35.4. The molecule has 19 nitrogen and oxygen atoms in total. The Bertz CT molecular complexity index is 2550. The number of Topliss-reactive ketones (excluding diaryl/α,β-unsaturated/α-hetero) is 1. The summed E-state index contributed by atoms with van der Waals surface area (Å²) in [5, 5.41) is 2.89. The average Bonchev–Trinajstić information content (AvgIpc) is 3.73. The molecule has 2 heterocycles. The van der Waals surface area contributed by atoms with E-state index in [1.54, 1.807) is 86.6 Å². The second-order valence-electron chi connectivity index (χ2n) is 25.2. The Labute approximate surface area is 474 Å². The lowest BCUT2D eigenvalue weighted by molar-refractivity contribution is -0.344. The number of hydrogen-bond acceptors (Lipinski definition) is 18. The smallest absolute Gasteiger partial charge is 0.454 e. The Hall–Kier alpha value is -5.10. The van der Waals surface area contributed by atoms with Gasteiger partial charge in [0.2, 0.25) is 13.9 Å². The van der Waals surface area contributed by atoms with Gasteiger partial charge >= 0.3 is 36.3 Å². The normalized spacial score (nSPS) is 29.7. The molecule has 80 heavy (non-hydrogen) atoms. The summed E-state index contributed by atoms with van der Waals surface area (Å²) in [6.45, 7) is 34.4. The highest BCUT2D eigenvalue weighted by atomic mass is 28.4. The van der Waals surface area contributed by atoms with Crippen molar-refractivity contribution >= 4 is 58.7 Å². The number of methoxy groups -OCH3 is 1. The fraction of sp³-hybridized carbons (Fsp3) is 0.712. The number of ether oxygens (including phenoxy) is 9. The van der Waals surface area contributed by atoms with Gasteiger partial charge in [-0.05, 0) is 107 Å². The molecule has 1 N–H and O–H groups in total. The van der Waals surface area contributed by atoms with Gasteiger partial charge in [0, 0.05) is 18.8 Å². The highest BCUT2D eigenvalue weighted by Gasteiger charge is 2.84. The zero-order valence-corrected chi connectivity index (χ0v) is 52.8. The van der Waals surface area contributed by atoms with Crippen molar-refractivity contribution in [3.05, 3.63) is 58.7 Å². The summed E-state index contributed by atoms with van der Waals surface area (Å²) in [5.74, 6) is -4.99. The first-order chi connectivity index (χ1) is 37.1. The van der Waals surface area contributed by atoms with Gasteiger partial charge in [-0.25, -0.2) is 24.0 Å². The molecule has 2 aliphatic heterocycles. The van der Waals surface area contributed by atoms with E-state index in [0.29, 0.717) is 23.7 Å². The van der Waals surface area contributed by atoms with Crippen LogP contribution >= 0.6 is 0 Å². The SMILES string of the molecule is CC[Si](CC)(CC)O[C@H]1C[C@H]2OC[C@@]2(OC(C)=O)C2C(OC(=O)c3ccccc3)[C@]34OC(=O)O[C@H]3[C@H](OC(=O)[C@H](O[Si](C(C)C)(C(C)C)C(C)C)[C@H](C=C(C)C)NC(=O)OC(C)(C)C)C(C)=C([C@@H](OC(=O)OC)C(=O)[C@@]21C)C4(C)C. The first-order valence-corrected chi connectivity index (χ1v) is 33.0. The number of fused-ring (bicyclic) bond motifs is 4. The minimum Gasteiger partial charge on any atom is -0.454 e. The van der Waals surface area contributed by atoms with Gasteiger partial charge in [0.15, 0.2) is 50.2 Å². The molecule has 2 saturated carbocycles. The molecule has 3 aliphatic carbocycles. The van der Waals surface area contributed by atoms with E-state index in [9.17, 15) is 19.2 Å². The minimum atomic E-state index is -3.12. The van der Waals surface area contributed by atoms with Crippen molar-refractivity contribution in [2.45, 2.75) is 238 Å². The summed E-state index contributed by atoms with van der Waals surface area (Å²) in [7, 11) is -4.78. The van der Waals surface area contributed by atoms with Crippen LogP contribution in [0.1, 0.15) is 148 Å². The fourth-order valence-corrected chi connectivity index (χ4v) is 22.7. The number of carbonyl (C=O) groups is 7. The largest absolute Gasteiger partial charge is 0.509 e. The lowest BCUT2D eigenvalue weighted by Crippen LogP contribution is -2.83. The predicted molar refractivity (Wildman–Crippen MR) is 299 cm³/mol. The molecule has 1 aromatic rings. The van der Waals surface area contributed by atoms with E-state index in [1.807, 2.05) is 62.3 Å². The molecule has 21 heteroatoms. The quantitative estimate of drug-likeness (QED) is 0.0587. The van der Waals surface area contributed by atoms with Crippen LogP contribution in [0.3, 0.4) is 0 Å². The number of ketones is 1.